The van der Waals surface area contributed by atoms with Gasteiger partial charge in [0, 0.05) is 11.4 Å². The highest BCUT2D eigenvalue weighted by atomic mass is 32.2. The van der Waals surface area contributed by atoms with Gasteiger partial charge >= 0.3 is 5.97 Å². The molecule has 1 atom stereocenters. The maximum atomic E-state index is 13.0. The third-order valence-corrected chi connectivity index (χ3v) is 7.83. The number of thioether (sulfide) groups is 1. The van der Waals surface area contributed by atoms with Crippen LogP contribution >= 0.6 is 23.1 Å². The number of aromatic carboxylic acids is 1. The van der Waals surface area contributed by atoms with E-state index >= 15 is 0 Å². The van der Waals surface area contributed by atoms with E-state index in [4.69, 9.17) is 0 Å². The number of carboxylic acids is 1. The number of hydrogen-bond donors (Lipinski definition) is 2. The second-order valence-electron chi connectivity index (χ2n) is 8.14. The number of carbonyl (C=O) groups is 2. The maximum Gasteiger partial charge on any atom is 0.335 e. The minimum absolute atomic E-state index is 0.0228. The number of rotatable bonds is 7. The van der Waals surface area contributed by atoms with Crippen molar-refractivity contribution in [3.05, 3.63) is 62.8 Å². The molecule has 0 radical (unpaired) electrons. The molecule has 10 heteroatoms. The molecule has 0 saturated heterocycles. The third kappa shape index (κ3) is 4.62. The van der Waals surface area contributed by atoms with Crippen molar-refractivity contribution in [2.45, 2.75) is 37.9 Å². The summed E-state index contributed by atoms with van der Waals surface area (Å²) in [6, 6.07) is 6.39. The number of nitrogens with one attached hydrogen (secondary N) is 1. The van der Waals surface area contributed by atoms with Crippen molar-refractivity contribution in [3.63, 3.8) is 0 Å². The number of amides is 1. The zero-order chi connectivity index (χ0) is 24.4. The number of allylic oxidation sites excluding steroid dienone is 1. The lowest BCUT2D eigenvalue weighted by Gasteiger charge is -2.17. The predicted molar refractivity (Wildman–Crippen MR) is 133 cm³/mol. The molecule has 1 amide bonds. The Bertz CT molecular complexity index is 1420. The van der Waals surface area contributed by atoms with E-state index in [-0.39, 0.29) is 45.4 Å². The number of carbonyl (C=O) groups excluding carboxylic acids is 1. The molecule has 34 heavy (non-hydrogen) atoms. The van der Waals surface area contributed by atoms with E-state index in [1.54, 1.807) is 6.08 Å². The van der Waals surface area contributed by atoms with Crippen LogP contribution in [0.25, 0.3) is 10.9 Å². The van der Waals surface area contributed by atoms with Crippen LogP contribution in [0.4, 0.5) is 5.00 Å². The van der Waals surface area contributed by atoms with E-state index in [0.29, 0.717) is 16.5 Å². The molecule has 0 aliphatic heterocycles. The van der Waals surface area contributed by atoms with Crippen LogP contribution in [0.2, 0.25) is 0 Å². The van der Waals surface area contributed by atoms with Gasteiger partial charge in [-0.15, -0.1) is 17.9 Å². The number of aromatic nitrogens is 2. The van der Waals surface area contributed by atoms with Crippen molar-refractivity contribution in [2.75, 3.05) is 11.1 Å². The first-order valence-electron chi connectivity index (χ1n) is 10.7. The molecule has 0 unspecified atom stereocenters. The topological polar surface area (TPSA) is 125 Å². The SMILES string of the molecule is C=CCn1c(SCC(=O)Nc2sc3c(c2C#N)CC[C@@H](C)C3)nc2cc(C(=O)O)ccc2c1=O. The molecule has 2 heterocycles. The zero-order valence-electron chi connectivity index (χ0n) is 18.5. The Morgan fingerprint density at radius 3 is 2.97 bits per heavy atom. The number of carboxylic acid groups (broad SMARTS) is 1. The molecule has 4 rings (SSSR count). The molecule has 8 nitrogen and oxygen atoms in total. The first-order valence-corrected chi connectivity index (χ1v) is 12.5. The van der Waals surface area contributed by atoms with Crippen molar-refractivity contribution in [3.8, 4) is 6.07 Å². The van der Waals surface area contributed by atoms with Gasteiger partial charge in [0.15, 0.2) is 5.16 Å². The highest BCUT2D eigenvalue weighted by molar-refractivity contribution is 7.99. The van der Waals surface area contributed by atoms with E-state index in [1.807, 2.05) is 0 Å². The second-order valence-corrected chi connectivity index (χ2v) is 10.2. The normalized spacial score (nSPS) is 14.9. The van der Waals surface area contributed by atoms with Crippen molar-refractivity contribution >= 4 is 50.9 Å². The lowest BCUT2D eigenvalue weighted by Crippen LogP contribution is -2.24. The van der Waals surface area contributed by atoms with Crippen LogP contribution in [0.3, 0.4) is 0 Å². The standard InChI is InChI=1S/C24H22N4O4S2/c1-3-8-28-22(30)16-7-5-14(23(31)32)10-18(16)26-24(28)33-12-20(29)27-21-17(11-25)15-6-4-13(2)9-19(15)34-21/h3,5,7,10,13H,1,4,6,8-9,12H2,2H3,(H,27,29)(H,31,32)/t13-/m1/s1. The summed E-state index contributed by atoms with van der Waals surface area (Å²) in [5.74, 6) is -0.905. The second kappa shape index (κ2) is 9.83. The summed E-state index contributed by atoms with van der Waals surface area (Å²) in [7, 11) is 0. The Morgan fingerprint density at radius 1 is 1.47 bits per heavy atom. The molecular formula is C24H22N4O4S2. The average Bonchev–Trinajstić information content (AvgIpc) is 3.15. The Morgan fingerprint density at radius 2 is 2.26 bits per heavy atom. The number of nitriles is 1. The first kappa shape index (κ1) is 23.7. The third-order valence-electron chi connectivity index (χ3n) is 5.69. The molecule has 0 saturated carbocycles. The van der Waals surface area contributed by atoms with Gasteiger partial charge in [-0.2, -0.15) is 5.26 Å². The smallest absolute Gasteiger partial charge is 0.335 e. The number of anilines is 1. The average molecular weight is 495 g/mol. The minimum Gasteiger partial charge on any atom is -0.478 e. The molecule has 2 N–H and O–H groups in total. The molecule has 1 aliphatic carbocycles. The van der Waals surface area contributed by atoms with Gasteiger partial charge in [0.25, 0.3) is 5.56 Å². The predicted octanol–water partition coefficient (Wildman–Crippen LogP) is 4.07. The van der Waals surface area contributed by atoms with Crippen LogP contribution in [-0.4, -0.2) is 32.3 Å². The highest BCUT2D eigenvalue weighted by Crippen LogP contribution is 2.39. The summed E-state index contributed by atoms with van der Waals surface area (Å²) in [4.78, 5) is 42.6. The first-order chi connectivity index (χ1) is 16.3. The lowest BCUT2D eigenvalue weighted by molar-refractivity contribution is -0.113. The van der Waals surface area contributed by atoms with Gasteiger partial charge in [-0.25, -0.2) is 9.78 Å². The van der Waals surface area contributed by atoms with E-state index in [9.17, 15) is 24.8 Å². The number of thiophene rings is 1. The van der Waals surface area contributed by atoms with E-state index in [2.05, 4.69) is 29.9 Å². The Balaban J connectivity index is 1.58. The van der Waals surface area contributed by atoms with Crippen LogP contribution in [0.5, 0.6) is 0 Å². The van der Waals surface area contributed by atoms with Crippen molar-refractivity contribution in [2.24, 2.45) is 5.92 Å². The zero-order valence-corrected chi connectivity index (χ0v) is 20.1. The molecule has 0 bridgehead atoms. The van der Waals surface area contributed by atoms with Gasteiger partial charge in [-0.3, -0.25) is 14.2 Å². The molecule has 3 aromatic rings. The lowest BCUT2D eigenvalue weighted by atomic mass is 9.89. The van der Waals surface area contributed by atoms with Gasteiger partial charge in [0.05, 0.1) is 27.8 Å². The van der Waals surface area contributed by atoms with Crippen LogP contribution in [-0.2, 0) is 24.2 Å². The summed E-state index contributed by atoms with van der Waals surface area (Å²) < 4.78 is 1.40. The number of nitrogens with zero attached hydrogens (tertiary/aromatic N) is 3. The van der Waals surface area contributed by atoms with Crippen LogP contribution < -0.4 is 10.9 Å². The van der Waals surface area contributed by atoms with E-state index < -0.39 is 5.97 Å². The fourth-order valence-electron chi connectivity index (χ4n) is 3.98. The van der Waals surface area contributed by atoms with Gasteiger partial charge in [-0.1, -0.05) is 24.8 Å². The summed E-state index contributed by atoms with van der Waals surface area (Å²) in [6.07, 6.45) is 4.33. The maximum absolute atomic E-state index is 13.0. The quantitative estimate of drug-likeness (QED) is 0.288. The minimum atomic E-state index is -1.12. The van der Waals surface area contributed by atoms with Crippen molar-refractivity contribution < 1.29 is 14.7 Å². The highest BCUT2D eigenvalue weighted by Gasteiger charge is 2.25. The summed E-state index contributed by atoms with van der Waals surface area (Å²) in [5, 5.41) is 22.9. The molecular weight excluding hydrogens is 472 g/mol. The molecule has 0 spiro atoms. The van der Waals surface area contributed by atoms with Crippen molar-refractivity contribution in [1.29, 1.82) is 5.26 Å². The Kier molecular flexibility index (Phi) is 6.86. The molecule has 174 valence electrons. The number of benzene rings is 1. The molecule has 1 aromatic carbocycles. The van der Waals surface area contributed by atoms with Crippen molar-refractivity contribution in [1.82, 2.24) is 9.55 Å². The molecule has 0 fully saturated rings. The van der Waals surface area contributed by atoms with Gasteiger partial charge in [-0.05, 0) is 48.9 Å². The van der Waals surface area contributed by atoms with Gasteiger partial charge in [0.2, 0.25) is 5.91 Å². The van der Waals surface area contributed by atoms with Crippen LogP contribution in [0, 0.1) is 17.2 Å². The monoisotopic (exact) mass is 494 g/mol. The Labute approximate surface area is 203 Å². The molecule has 1 aliphatic rings. The largest absolute Gasteiger partial charge is 0.478 e. The summed E-state index contributed by atoms with van der Waals surface area (Å²) >= 11 is 2.53. The van der Waals surface area contributed by atoms with Gasteiger partial charge < -0.3 is 10.4 Å². The number of fused-ring (bicyclic) bond motifs is 2. The Hall–Kier alpha value is -3.42. The van der Waals surface area contributed by atoms with Gasteiger partial charge in [0.1, 0.15) is 11.1 Å². The van der Waals surface area contributed by atoms with E-state index in [1.165, 1.54) is 34.1 Å². The summed E-state index contributed by atoms with van der Waals surface area (Å²) in [6.45, 7) is 6.06. The number of hydrogen-bond acceptors (Lipinski definition) is 7. The van der Waals surface area contributed by atoms with Crippen LogP contribution in [0.1, 0.15) is 39.7 Å². The summed E-state index contributed by atoms with van der Waals surface area (Å²) in [5.41, 5.74) is 1.52. The molecule has 2 aromatic heterocycles. The van der Waals surface area contributed by atoms with E-state index in [0.717, 1.165) is 41.5 Å². The van der Waals surface area contributed by atoms with Crippen LogP contribution in [0.15, 0.2) is 40.8 Å². The fraction of sp³-hybridized carbons (Fsp3) is 0.292. The fourth-order valence-corrected chi connectivity index (χ4v) is 6.17.